The molecule has 1 heterocycles. The number of carbonyl (C=O) groups excluding carboxylic acids is 1. The number of carbonyl (C=O) groups is 1. The molecule has 156 valence electrons. The number of amides is 1. The fourth-order valence-corrected chi connectivity index (χ4v) is 4.57. The van der Waals surface area contributed by atoms with Crippen molar-refractivity contribution in [3.63, 3.8) is 0 Å². The second-order valence-corrected chi connectivity index (χ2v) is 8.96. The third-order valence-electron chi connectivity index (χ3n) is 4.94. The van der Waals surface area contributed by atoms with Crippen LogP contribution in [-0.4, -0.2) is 74.7 Å². The van der Waals surface area contributed by atoms with Crippen LogP contribution in [0.15, 0.2) is 29.3 Å². The number of hydrogen-bond donors (Lipinski definition) is 2. The molecule has 1 saturated heterocycles. The molecule has 1 aliphatic rings. The number of nitrogens with zero attached hydrogens (tertiary/aromatic N) is 2. The molecule has 0 unspecified atom stereocenters. The van der Waals surface area contributed by atoms with Gasteiger partial charge in [-0.25, -0.2) is 0 Å². The molecule has 1 aromatic rings. The molecule has 2 rings (SSSR count). The summed E-state index contributed by atoms with van der Waals surface area (Å²) < 4.78 is 5.77. The van der Waals surface area contributed by atoms with E-state index in [2.05, 4.69) is 28.6 Å². The molecule has 1 fully saturated rings. The van der Waals surface area contributed by atoms with Crippen molar-refractivity contribution in [2.24, 2.45) is 4.99 Å². The molecular weight excluding hydrogens is 372 g/mol. The largest absolute Gasteiger partial charge is 0.381 e. The molecule has 1 aliphatic heterocycles. The molecule has 1 amide bonds. The Hall–Kier alpha value is -1.73. The van der Waals surface area contributed by atoms with Crippen molar-refractivity contribution in [1.82, 2.24) is 15.5 Å². The van der Waals surface area contributed by atoms with Crippen LogP contribution in [0.5, 0.6) is 0 Å². The molecule has 0 atom stereocenters. The van der Waals surface area contributed by atoms with Gasteiger partial charge in [0, 0.05) is 57.8 Å². The lowest BCUT2D eigenvalue weighted by Crippen LogP contribution is -2.48. The molecular formula is C21H34N4O2S. The van der Waals surface area contributed by atoms with Gasteiger partial charge in [0.1, 0.15) is 0 Å². The van der Waals surface area contributed by atoms with Gasteiger partial charge < -0.3 is 20.3 Å². The van der Waals surface area contributed by atoms with Crippen LogP contribution in [0.3, 0.4) is 0 Å². The minimum Gasteiger partial charge on any atom is -0.381 e. The van der Waals surface area contributed by atoms with Gasteiger partial charge in [-0.1, -0.05) is 19.1 Å². The fraction of sp³-hybridized carbons (Fsp3) is 0.619. The molecule has 0 spiro atoms. The molecule has 28 heavy (non-hydrogen) atoms. The predicted octanol–water partition coefficient (Wildman–Crippen LogP) is 2.40. The highest BCUT2D eigenvalue weighted by atomic mass is 32.2. The van der Waals surface area contributed by atoms with Crippen molar-refractivity contribution >= 4 is 23.6 Å². The first kappa shape index (κ1) is 22.6. The maximum atomic E-state index is 12.1. The monoisotopic (exact) mass is 406 g/mol. The summed E-state index contributed by atoms with van der Waals surface area (Å²) in [4.78, 5) is 18.1. The molecule has 0 bridgehead atoms. The molecule has 0 radical (unpaired) electrons. The van der Waals surface area contributed by atoms with Gasteiger partial charge >= 0.3 is 0 Å². The Morgan fingerprint density at radius 1 is 1.29 bits per heavy atom. The Kier molecular flexibility index (Phi) is 9.12. The van der Waals surface area contributed by atoms with Gasteiger partial charge in [-0.05, 0) is 42.7 Å². The Labute approximate surface area is 173 Å². The summed E-state index contributed by atoms with van der Waals surface area (Å²) in [6, 6.07) is 7.82. The third kappa shape index (κ3) is 6.71. The first-order chi connectivity index (χ1) is 13.5. The van der Waals surface area contributed by atoms with Crippen LogP contribution in [0.2, 0.25) is 0 Å². The van der Waals surface area contributed by atoms with Crippen molar-refractivity contribution < 1.29 is 9.53 Å². The Bertz CT molecular complexity index is 652. The highest BCUT2D eigenvalue weighted by Gasteiger charge is 2.32. The summed E-state index contributed by atoms with van der Waals surface area (Å²) in [5.41, 5.74) is 1.86. The van der Waals surface area contributed by atoms with Crippen LogP contribution >= 0.6 is 11.8 Å². The highest BCUT2D eigenvalue weighted by Crippen LogP contribution is 2.34. The summed E-state index contributed by atoms with van der Waals surface area (Å²) in [6.07, 6.45) is 2.97. The fourth-order valence-electron chi connectivity index (χ4n) is 3.33. The maximum Gasteiger partial charge on any atom is 0.253 e. The van der Waals surface area contributed by atoms with Crippen LogP contribution in [0, 0.1) is 0 Å². The zero-order valence-electron chi connectivity index (χ0n) is 17.6. The molecule has 1 aromatic carbocycles. The zero-order chi connectivity index (χ0) is 20.4. The number of hydrogen-bond acceptors (Lipinski definition) is 4. The second kappa shape index (κ2) is 11.3. The van der Waals surface area contributed by atoms with E-state index in [0.29, 0.717) is 0 Å². The Morgan fingerprint density at radius 3 is 2.68 bits per heavy atom. The molecule has 0 aromatic heterocycles. The SMILES string of the molecule is CCSC1(CNC(=NC)NCCc2cccc(C(=O)N(C)C)c2)CCOCC1. The van der Waals surface area contributed by atoms with E-state index in [1.165, 1.54) is 0 Å². The molecule has 2 N–H and O–H groups in total. The second-order valence-electron chi connectivity index (χ2n) is 7.23. The van der Waals surface area contributed by atoms with Gasteiger partial charge in [0.05, 0.1) is 0 Å². The van der Waals surface area contributed by atoms with Crippen LogP contribution in [0.1, 0.15) is 35.7 Å². The molecule has 7 heteroatoms. The molecule has 6 nitrogen and oxygen atoms in total. The number of rotatable bonds is 8. The van der Waals surface area contributed by atoms with E-state index >= 15 is 0 Å². The quantitative estimate of drug-likeness (QED) is 0.513. The van der Waals surface area contributed by atoms with E-state index in [1.807, 2.05) is 30.0 Å². The first-order valence-corrected chi connectivity index (χ1v) is 10.9. The lowest BCUT2D eigenvalue weighted by molar-refractivity contribution is 0.0782. The van der Waals surface area contributed by atoms with Crippen LogP contribution in [0.4, 0.5) is 0 Å². The number of guanidine groups is 1. The Morgan fingerprint density at radius 2 is 2.04 bits per heavy atom. The van der Waals surface area contributed by atoms with Crippen molar-refractivity contribution in [2.75, 3.05) is 53.2 Å². The maximum absolute atomic E-state index is 12.1. The average Bonchev–Trinajstić information content (AvgIpc) is 2.71. The Balaban J connectivity index is 1.84. The number of ether oxygens (including phenoxy) is 1. The predicted molar refractivity (Wildman–Crippen MR) is 118 cm³/mol. The van der Waals surface area contributed by atoms with E-state index in [0.717, 1.165) is 68.4 Å². The number of aliphatic imine (C=N–C) groups is 1. The van der Waals surface area contributed by atoms with Gasteiger partial charge in [0.25, 0.3) is 5.91 Å². The lowest BCUT2D eigenvalue weighted by atomic mass is 9.99. The van der Waals surface area contributed by atoms with Crippen LogP contribution in [-0.2, 0) is 11.2 Å². The zero-order valence-corrected chi connectivity index (χ0v) is 18.4. The number of benzene rings is 1. The molecule has 0 saturated carbocycles. The summed E-state index contributed by atoms with van der Waals surface area (Å²) >= 11 is 2.02. The van der Waals surface area contributed by atoms with Gasteiger partial charge in [0.2, 0.25) is 0 Å². The molecule has 0 aliphatic carbocycles. The number of thioether (sulfide) groups is 1. The smallest absolute Gasteiger partial charge is 0.253 e. The van der Waals surface area contributed by atoms with E-state index in [4.69, 9.17) is 4.74 Å². The van der Waals surface area contributed by atoms with Crippen LogP contribution in [0.25, 0.3) is 0 Å². The lowest BCUT2D eigenvalue weighted by Gasteiger charge is -2.37. The topological polar surface area (TPSA) is 66.0 Å². The minimum absolute atomic E-state index is 0.0301. The normalized spacial score (nSPS) is 16.5. The van der Waals surface area contributed by atoms with Gasteiger partial charge in [-0.15, -0.1) is 0 Å². The van der Waals surface area contributed by atoms with E-state index in [9.17, 15) is 4.79 Å². The van der Waals surface area contributed by atoms with Crippen molar-refractivity contribution in [3.05, 3.63) is 35.4 Å². The summed E-state index contributed by atoms with van der Waals surface area (Å²) in [6.45, 7) is 5.53. The average molecular weight is 407 g/mol. The summed E-state index contributed by atoms with van der Waals surface area (Å²) in [5.74, 6) is 1.96. The first-order valence-electron chi connectivity index (χ1n) is 9.96. The van der Waals surface area contributed by atoms with Gasteiger partial charge in [-0.2, -0.15) is 11.8 Å². The van der Waals surface area contributed by atoms with Crippen molar-refractivity contribution in [1.29, 1.82) is 0 Å². The highest BCUT2D eigenvalue weighted by molar-refractivity contribution is 8.00. The van der Waals surface area contributed by atoms with Crippen LogP contribution < -0.4 is 10.6 Å². The van der Waals surface area contributed by atoms with E-state index in [1.54, 1.807) is 26.0 Å². The summed E-state index contributed by atoms with van der Waals surface area (Å²) in [7, 11) is 5.35. The van der Waals surface area contributed by atoms with Crippen molar-refractivity contribution in [3.8, 4) is 0 Å². The van der Waals surface area contributed by atoms with E-state index < -0.39 is 0 Å². The van der Waals surface area contributed by atoms with Gasteiger partial charge in [-0.3, -0.25) is 9.79 Å². The van der Waals surface area contributed by atoms with Crippen molar-refractivity contribution in [2.45, 2.75) is 30.9 Å². The minimum atomic E-state index is 0.0301. The summed E-state index contributed by atoms with van der Waals surface area (Å²) in [5, 5.41) is 6.89. The van der Waals surface area contributed by atoms with E-state index in [-0.39, 0.29) is 10.7 Å². The standard InChI is InChI=1S/C21H34N4O2S/c1-5-28-21(10-13-27-14-11-21)16-24-20(22-2)23-12-9-17-7-6-8-18(15-17)19(26)25(3)4/h6-8,15H,5,9-14,16H2,1-4H3,(H2,22,23,24). The van der Waals surface area contributed by atoms with Gasteiger partial charge in [0.15, 0.2) is 5.96 Å². The number of nitrogens with one attached hydrogen (secondary N) is 2. The third-order valence-corrected chi connectivity index (χ3v) is 6.40.